The lowest BCUT2D eigenvalue weighted by Gasteiger charge is -2.17. The van der Waals surface area contributed by atoms with Gasteiger partial charge in [0.15, 0.2) is 0 Å². The second-order valence-electron chi connectivity index (χ2n) is 6.66. The first kappa shape index (κ1) is 16.4. The molecule has 1 amide bonds. The predicted octanol–water partition coefficient (Wildman–Crippen LogP) is 3.78. The van der Waals surface area contributed by atoms with Crippen LogP contribution in [0.1, 0.15) is 29.7 Å². The molecule has 0 saturated heterocycles. The molecule has 5 heteroatoms. The summed E-state index contributed by atoms with van der Waals surface area (Å²) in [4.78, 5) is 14.3. The van der Waals surface area contributed by atoms with E-state index in [-0.39, 0.29) is 5.91 Å². The number of fused-ring (bicyclic) bond motifs is 1. The van der Waals surface area contributed by atoms with Crippen molar-refractivity contribution in [2.24, 2.45) is 0 Å². The molecule has 5 nitrogen and oxygen atoms in total. The van der Waals surface area contributed by atoms with Gasteiger partial charge < -0.3 is 9.47 Å². The molecule has 2 aromatic heterocycles. The molecule has 3 heterocycles. The van der Waals surface area contributed by atoms with Crippen LogP contribution < -0.4 is 0 Å². The van der Waals surface area contributed by atoms with Crippen LogP contribution in [0.25, 0.3) is 11.5 Å². The van der Waals surface area contributed by atoms with Crippen molar-refractivity contribution in [3.63, 3.8) is 0 Å². The monoisotopic (exact) mass is 346 g/mol. The Balaban J connectivity index is 1.73. The third-order valence-corrected chi connectivity index (χ3v) is 4.77. The average molecular weight is 346 g/mol. The number of nitrogens with zero attached hydrogens (tertiary/aromatic N) is 4. The van der Waals surface area contributed by atoms with Crippen LogP contribution in [0.3, 0.4) is 0 Å². The van der Waals surface area contributed by atoms with Gasteiger partial charge in [0.25, 0.3) is 0 Å². The summed E-state index contributed by atoms with van der Waals surface area (Å²) < 4.78 is 4.05. The van der Waals surface area contributed by atoms with Gasteiger partial charge in [-0.25, -0.2) is 4.68 Å². The Bertz CT molecular complexity index is 935. The van der Waals surface area contributed by atoms with E-state index in [2.05, 4.69) is 42.3 Å². The zero-order chi connectivity index (χ0) is 18.1. The normalized spacial score (nSPS) is 13.0. The highest BCUT2D eigenvalue weighted by molar-refractivity contribution is 5.77. The number of rotatable bonds is 5. The molecule has 0 fully saturated rings. The fraction of sp³-hybridized carbons (Fsp3) is 0.238. The molecule has 26 heavy (non-hydrogen) atoms. The molecule has 0 N–H and O–H groups in total. The molecule has 0 aliphatic carbocycles. The van der Waals surface area contributed by atoms with Crippen molar-refractivity contribution in [3.05, 3.63) is 78.3 Å². The number of allylic oxidation sites excluding steroid dienone is 1. The van der Waals surface area contributed by atoms with E-state index in [4.69, 9.17) is 5.10 Å². The van der Waals surface area contributed by atoms with E-state index in [9.17, 15) is 4.79 Å². The second-order valence-corrected chi connectivity index (χ2v) is 6.66. The smallest absolute Gasteiger partial charge is 0.223 e. The van der Waals surface area contributed by atoms with Crippen LogP contribution in [-0.2, 0) is 17.9 Å². The number of amides is 1. The van der Waals surface area contributed by atoms with Crippen LogP contribution in [-0.4, -0.2) is 25.2 Å². The first-order valence-corrected chi connectivity index (χ1v) is 8.87. The summed E-state index contributed by atoms with van der Waals surface area (Å²) in [6.45, 7) is 6.94. The molecule has 0 unspecified atom stereocenters. The van der Waals surface area contributed by atoms with Crippen LogP contribution in [0, 0.1) is 6.92 Å². The SMILES string of the molecule is C=CCCC(=O)N1Cc2nn(-c3ccc(C)cc3)c(-n3cccc3)c2C1. The van der Waals surface area contributed by atoms with Gasteiger partial charge in [-0.3, -0.25) is 4.79 Å². The van der Waals surface area contributed by atoms with Crippen LogP contribution in [0.4, 0.5) is 0 Å². The van der Waals surface area contributed by atoms with Gasteiger partial charge in [-0.1, -0.05) is 23.8 Å². The maximum Gasteiger partial charge on any atom is 0.223 e. The average Bonchev–Trinajstić information content (AvgIpc) is 3.35. The van der Waals surface area contributed by atoms with E-state index in [0.29, 0.717) is 25.9 Å². The van der Waals surface area contributed by atoms with E-state index in [1.807, 2.05) is 34.1 Å². The standard InChI is InChI=1S/C21H22N4O/c1-3-4-7-20(26)24-14-18-19(15-24)22-25(17-10-8-16(2)9-11-17)21(18)23-12-5-6-13-23/h3,5-6,8-13H,1,4,7,14-15H2,2H3. The molecular formula is C21H22N4O. The van der Waals surface area contributed by atoms with Crippen molar-refractivity contribution in [1.29, 1.82) is 0 Å². The summed E-state index contributed by atoms with van der Waals surface area (Å²) in [6.07, 6.45) is 7.04. The van der Waals surface area contributed by atoms with Gasteiger partial charge in [-0.15, -0.1) is 6.58 Å². The zero-order valence-corrected chi connectivity index (χ0v) is 14.9. The van der Waals surface area contributed by atoms with Crippen molar-refractivity contribution in [3.8, 4) is 11.5 Å². The van der Waals surface area contributed by atoms with Crippen LogP contribution in [0.5, 0.6) is 0 Å². The molecule has 0 saturated carbocycles. The Morgan fingerprint density at radius 3 is 2.62 bits per heavy atom. The maximum atomic E-state index is 12.4. The van der Waals surface area contributed by atoms with Crippen molar-refractivity contribution in [2.45, 2.75) is 32.9 Å². The Hall–Kier alpha value is -3.08. The molecule has 0 spiro atoms. The van der Waals surface area contributed by atoms with E-state index >= 15 is 0 Å². The van der Waals surface area contributed by atoms with Gasteiger partial charge in [0, 0.05) is 24.4 Å². The quantitative estimate of drug-likeness (QED) is 0.660. The minimum absolute atomic E-state index is 0.156. The molecular weight excluding hydrogens is 324 g/mol. The third kappa shape index (κ3) is 2.86. The Labute approximate surface area is 153 Å². The third-order valence-electron chi connectivity index (χ3n) is 4.77. The maximum absolute atomic E-state index is 12.4. The van der Waals surface area contributed by atoms with E-state index in [1.54, 1.807) is 6.08 Å². The Kier molecular flexibility index (Phi) is 4.21. The number of aryl methyl sites for hydroxylation is 1. The summed E-state index contributed by atoms with van der Waals surface area (Å²) in [5.41, 5.74) is 4.34. The fourth-order valence-corrected chi connectivity index (χ4v) is 3.37. The van der Waals surface area contributed by atoms with Gasteiger partial charge >= 0.3 is 0 Å². The number of hydrogen-bond acceptors (Lipinski definition) is 2. The van der Waals surface area contributed by atoms with E-state index in [0.717, 1.165) is 22.8 Å². The van der Waals surface area contributed by atoms with Crippen LogP contribution in [0.15, 0.2) is 61.4 Å². The van der Waals surface area contributed by atoms with Crippen LogP contribution >= 0.6 is 0 Å². The van der Waals surface area contributed by atoms with Gasteiger partial charge in [-0.2, -0.15) is 5.10 Å². The first-order valence-electron chi connectivity index (χ1n) is 8.87. The highest BCUT2D eigenvalue weighted by Gasteiger charge is 2.30. The Morgan fingerprint density at radius 2 is 1.92 bits per heavy atom. The van der Waals surface area contributed by atoms with Crippen LogP contribution in [0.2, 0.25) is 0 Å². The van der Waals surface area contributed by atoms with Gasteiger partial charge in [0.2, 0.25) is 5.91 Å². The van der Waals surface area contributed by atoms with Gasteiger partial charge in [0.1, 0.15) is 5.82 Å². The minimum atomic E-state index is 0.156. The molecule has 0 radical (unpaired) electrons. The summed E-state index contributed by atoms with van der Waals surface area (Å²) in [7, 11) is 0. The largest absolute Gasteiger partial charge is 0.332 e. The zero-order valence-electron chi connectivity index (χ0n) is 14.9. The molecule has 1 aliphatic rings. The molecule has 3 aromatic rings. The van der Waals surface area contributed by atoms with E-state index in [1.165, 1.54) is 5.56 Å². The van der Waals surface area contributed by atoms with Crippen molar-refractivity contribution in [2.75, 3.05) is 0 Å². The lowest BCUT2D eigenvalue weighted by Crippen LogP contribution is -2.26. The lowest BCUT2D eigenvalue weighted by molar-refractivity contribution is -0.131. The second kappa shape index (κ2) is 6.67. The van der Waals surface area contributed by atoms with Crippen molar-refractivity contribution < 1.29 is 4.79 Å². The molecule has 1 aromatic carbocycles. The molecule has 0 atom stereocenters. The van der Waals surface area contributed by atoms with Crippen molar-refractivity contribution >= 4 is 5.91 Å². The number of benzene rings is 1. The molecule has 132 valence electrons. The number of carbonyl (C=O) groups is 1. The highest BCUT2D eigenvalue weighted by Crippen LogP contribution is 2.31. The summed E-state index contributed by atoms with van der Waals surface area (Å²) >= 11 is 0. The topological polar surface area (TPSA) is 43.1 Å². The van der Waals surface area contributed by atoms with Gasteiger partial charge in [0.05, 0.1) is 24.5 Å². The number of carbonyl (C=O) groups excluding carboxylic acids is 1. The molecule has 1 aliphatic heterocycles. The first-order chi connectivity index (χ1) is 12.7. The summed E-state index contributed by atoms with van der Waals surface area (Å²) in [5, 5.41) is 4.84. The fourth-order valence-electron chi connectivity index (χ4n) is 3.37. The molecule has 4 rings (SSSR count). The molecule has 0 bridgehead atoms. The summed E-state index contributed by atoms with van der Waals surface area (Å²) in [6, 6.07) is 12.3. The Morgan fingerprint density at radius 1 is 1.19 bits per heavy atom. The minimum Gasteiger partial charge on any atom is -0.332 e. The number of hydrogen-bond donors (Lipinski definition) is 0. The predicted molar refractivity (Wildman–Crippen MR) is 101 cm³/mol. The van der Waals surface area contributed by atoms with Crippen molar-refractivity contribution in [1.82, 2.24) is 19.2 Å². The van der Waals surface area contributed by atoms with E-state index < -0.39 is 0 Å². The number of aromatic nitrogens is 3. The highest BCUT2D eigenvalue weighted by atomic mass is 16.2. The summed E-state index contributed by atoms with van der Waals surface area (Å²) in [5.74, 6) is 1.16. The lowest BCUT2D eigenvalue weighted by atomic mass is 10.2. The van der Waals surface area contributed by atoms with Gasteiger partial charge in [-0.05, 0) is 37.6 Å².